The highest BCUT2D eigenvalue weighted by Gasteiger charge is 2.11. The zero-order valence-electron chi connectivity index (χ0n) is 10.3. The van der Waals surface area contributed by atoms with Crippen LogP contribution in [0.15, 0.2) is 36.7 Å². The molecule has 98 valence electrons. The SMILES string of the molecule is COc1ccc(C(=O)Nc2ccncc2N)cc1O. The third-order valence-corrected chi connectivity index (χ3v) is 2.54. The minimum absolute atomic E-state index is 0.0992. The van der Waals surface area contributed by atoms with Gasteiger partial charge in [0.25, 0.3) is 5.91 Å². The topological polar surface area (TPSA) is 97.5 Å². The van der Waals surface area contributed by atoms with Crippen LogP contribution in [0.1, 0.15) is 10.4 Å². The minimum atomic E-state index is -0.379. The van der Waals surface area contributed by atoms with Gasteiger partial charge in [-0.05, 0) is 24.3 Å². The van der Waals surface area contributed by atoms with E-state index in [1.54, 1.807) is 12.1 Å². The van der Waals surface area contributed by atoms with Gasteiger partial charge >= 0.3 is 0 Å². The molecule has 0 unspecified atom stereocenters. The van der Waals surface area contributed by atoms with Gasteiger partial charge in [-0.3, -0.25) is 9.78 Å². The van der Waals surface area contributed by atoms with E-state index < -0.39 is 0 Å². The second-order valence-electron chi connectivity index (χ2n) is 3.80. The van der Waals surface area contributed by atoms with Gasteiger partial charge in [-0.25, -0.2) is 0 Å². The smallest absolute Gasteiger partial charge is 0.255 e. The van der Waals surface area contributed by atoms with E-state index in [0.717, 1.165) is 0 Å². The van der Waals surface area contributed by atoms with E-state index in [1.165, 1.54) is 31.6 Å². The van der Waals surface area contributed by atoms with Crippen molar-refractivity contribution in [2.45, 2.75) is 0 Å². The maximum atomic E-state index is 12.0. The van der Waals surface area contributed by atoms with E-state index in [2.05, 4.69) is 10.3 Å². The lowest BCUT2D eigenvalue weighted by Gasteiger charge is -2.09. The number of phenolic OH excluding ortho intramolecular Hbond substituents is 1. The minimum Gasteiger partial charge on any atom is -0.504 e. The van der Waals surface area contributed by atoms with Gasteiger partial charge in [-0.2, -0.15) is 0 Å². The Hall–Kier alpha value is -2.76. The molecule has 0 aliphatic heterocycles. The Balaban J connectivity index is 2.21. The van der Waals surface area contributed by atoms with Crippen molar-refractivity contribution in [3.05, 3.63) is 42.2 Å². The summed E-state index contributed by atoms with van der Waals surface area (Å²) in [7, 11) is 1.44. The second kappa shape index (κ2) is 5.26. The summed E-state index contributed by atoms with van der Waals surface area (Å²) in [5, 5.41) is 12.3. The van der Waals surface area contributed by atoms with Gasteiger partial charge in [0.15, 0.2) is 11.5 Å². The molecule has 1 amide bonds. The maximum absolute atomic E-state index is 12.0. The molecule has 6 heteroatoms. The van der Waals surface area contributed by atoms with E-state index in [1.807, 2.05) is 0 Å². The molecule has 0 aliphatic carbocycles. The number of amides is 1. The first kappa shape index (κ1) is 12.7. The molecule has 0 saturated carbocycles. The Morgan fingerprint density at radius 1 is 1.42 bits per heavy atom. The number of nitrogens with one attached hydrogen (secondary N) is 1. The first-order valence-electron chi connectivity index (χ1n) is 5.49. The van der Waals surface area contributed by atoms with Gasteiger partial charge in [0.2, 0.25) is 0 Å². The Kier molecular flexibility index (Phi) is 3.51. The van der Waals surface area contributed by atoms with Crippen molar-refractivity contribution in [1.82, 2.24) is 4.98 Å². The molecule has 0 atom stereocenters. The third-order valence-electron chi connectivity index (χ3n) is 2.54. The fraction of sp³-hybridized carbons (Fsp3) is 0.0769. The van der Waals surface area contributed by atoms with Crippen molar-refractivity contribution in [1.29, 1.82) is 0 Å². The summed E-state index contributed by atoms with van der Waals surface area (Å²) < 4.78 is 4.91. The van der Waals surface area contributed by atoms with Crippen molar-refractivity contribution < 1.29 is 14.6 Å². The zero-order chi connectivity index (χ0) is 13.8. The average molecular weight is 259 g/mol. The van der Waals surface area contributed by atoms with Gasteiger partial charge in [0.1, 0.15) is 0 Å². The number of methoxy groups -OCH3 is 1. The molecule has 0 radical (unpaired) electrons. The number of nitrogens with two attached hydrogens (primary N) is 1. The Morgan fingerprint density at radius 3 is 2.84 bits per heavy atom. The van der Waals surface area contributed by atoms with Crippen molar-refractivity contribution in [3.63, 3.8) is 0 Å². The first-order valence-corrected chi connectivity index (χ1v) is 5.49. The predicted molar refractivity (Wildman–Crippen MR) is 71.3 cm³/mol. The summed E-state index contributed by atoms with van der Waals surface area (Å²) in [6.45, 7) is 0. The van der Waals surface area contributed by atoms with Crippen molar-refractivity contribution in [2.24, 2.45) is 0 Å². The number of benzene rings is 1. The summed E-state index contributed by atoms with van der Waals surface area (Å²) >= 11 is 0. The molecule has 1 aromatic heterocycles. The molecule has 0 aliphatic rings. The molecule has 4 N–H and O–H groups in total. The second-order valence-corrected chi connectivity index (χ2v) is 3.80. The number of carbonyl (C=O) groups is 1. The third kappa shape index (κ3) is 2.74. The molecule has 0 fully saturated rings. The number of carbonyl (C=O) groups excluding carboxylic acids is 1. The lowest BCUT2D eigenvalue weighted by Crippen LogP contribution is -2.13. The highest BCUT2D eigenvalue weighted by atomic mass is 16.5. The van der Waals surface area contributed by atoms with Crippen molar-refractivity contribution >= 4 is 17.3 Å². The summed E-state index contributed by atoms with van der Waals surface area (Å²) in [4.78, 5) is 15.8. The van der Waals surface area contributed by atoms with Crippen LogP contribution in [0.4, 0.5) is 11.4 Å². The molecule has 19 heavy (non-hydrogen) atoms. The van der Waals surface area contributed by atoms with Crippen molar-refractivity contribution in [3.8, 4) is 11.5 Å². The van der Waals surface area contributed by atoms with E-state index in [-0.39, 0.29) is 11.7 Å². The van der Waals surface area contributed by atoms with Gasteiger partial charge in [0.05, 0.1) is 24.7 Å². The van der Waals surface area contributed by atoms with Gasteiger partial charge in [-0.15, -0.1) is 0 Å². The molecule has 1 heterocycles. The van der Waals surface area contributed by atoms with Gasteiger partial charge in [0, 0.05) is 11.8 Å². The molecule has 2 rings (SSSR count). The van der Waals surface area contributed by atoms with Crippen LogP contribution >= 0.6 is 0 Å². The average Bonchev–Trinajstić information content (AvgIpc) is 2.41. The van der Waals surface area contributed by atoms with Crippen LogP contribution in [0, 0.1) is 0 Å². The van der Waals surface area contributed by atoms with Crippen LogP contribution in [0.3, 0.4) is 0 Å². The number of pyridine rings is 1. The maximum Gasteiger partial charge on any atom is 0.255 e. The number of rotatable bonds is 3. The zero-order valence-corrected chi connectivity index (χ0v) is 10.3. The number of nitrogen functional groups attached to an aromatic ring is 1. The van der Waals surface area contributed by atoms with Crippen LogP contribution < -0.4 is 15.8 Å². The molecular formula is C13H13N3O3. The van der Waals surface area contributed by atoms with E-state index in [0.29, 0.717) is 22.7 Å². The molecular weight excluding hydrogens is 246 g/mol. The number of ether oxygens (including phenoxy) is 1. The fourth-order valence-corrected chi connectivity index (χ4v) is 1.55. The number of phenols is 1. The number of hydrogen-bond acceptors (Lipinski definition) is 5. The molecule has 2 aromatic rings. The summed E-state index contributed by atoms with van der Waals surface area (Å²) in [5.74, 6) is -0.173. The van der Waals surface area contributed by atoms with Gasteiger partial charge in [-0.1, -0.05) is 0 Å². The van der Waals surface area contributed by atoms with Crippen LogP contribution in [0.5, 0.6) is 11.5 Å². The summed E-state index contributed by atoms with van der Waals surface area (Å²) in [6, 6.07) is 5.98. The number of aromatic nitrogens is 1. The Morgan fingerprint density at radius 2 is 2.21 bits per heavy atom. The highest BCUT2D eigenvalue weighted by Crippen LogP contribution is 2.26. The quantitative estimate of drug-likeness (QED) is 0.778. The monoisotopic (exact) mass is 259 g/mol. The van der Waals surface area contributed by atoms with Crippen molar-refractivity contribution in [2.75, 3.05) is 18.2 Å². The number of anilines is 2. The van der Waals surface area contributed by atoms with Gasteiger partial charge < -0.3 is 20.9 Å². The van der Waals surface area contributed by atoms with Crippen LogP contribution in [0.2, 0.25) is 0 Å². The van der Waals surface area contributed by atoms with Crippen LogP contribution in [-0.4, -0.2) is 23.1 Å². The van der Waals surface area contributed by atoms with E-state index in [9.17, 15) is 9.90 Å². The molecule has 1 aromatic carbocycles. The lowest BCUT2D eigenvalue weighted by atomic mass is 10.2. The predicted octanol–water partition coefficient (Wildman–Crippen LogP) is 1.63. The largest absolute Gasteiger partial charge is 0.504 e. The lowest BCUT2D eigenvalue weighted by molar-refractivity contribution is 0.102. The molecule has 0 bridgehead atoms. The van der Waals surface area contributed by atoms with E-state index in [4.69, 9.17) is 10.5 Å². The number of hydrogen-bond donors (Lipinski definition) is 3. The number of aromatic hydroxyl groups is 1. The van der Waals surface area contributed by atoms with E-state index >= 15 is 0 Å². The molecule has 0 spiro atoms. The molecule has 6 nitrogen and oxygen atoms in total. The summed E-state index contributed by atoms with van der Waals surface area (Å²) in [5.41, 5.74) is 6.81. The Bertz CT molecular complexity index is 614. The Labute approximate surface area is 109 Å². The fourth-order valence-electron chi connectivity index (χ4n) is 1.55. The first-order chi connectivity index (χ1) is 9.11. The van der Waals surface area contributed by atoms with Crippen LogP contribution in [-0.2, 0) is 0 Å². The summed E-state index contributed by atoms with van der Waals surface area (Å²) in [6.07, 6.45) is 2.97. The standard InChI is InChI=1S/C13H13N3O3/c1-19-12-3-2-8(6-11(12)17)13(18)16-10-4-5-15-7-9(10)14/h2-7,17H,14H2,1H3,(H,15,16,18). The molecule has 0 saturated heterocycles. The number of nitrogens with zero attached hydrogens (tertiary/aromatic N) is 1. The highest BCUT2D eigenvalue weighted by molar-refractivity contribution is 6.06. The van der Waals surface area contributed by atoms with Crippen LogP contribution in [0.25, 0.3) is 0 Å². The normalized spacial score (nSPS) is 9.95.